The van der Waals surface area contributed by atoms with Gasteiger partial charge in [0.1, 0.15) is 0 Å². The van der Waals surface area contributed by atoms with E-state index in [-0.39, 0.29) is 0 Å². The van der Waals surface area contributed by atoms with Crippen LogP contribution in [0.25, 0.3) is 22.5 Å². The maximum atomic E-state index is 10.7. The summed E-state index contributed by atoms with van der Waals surface area (Å²) in [6, 6.07) is 17.9. The second-order valence-electron chi connectivity index (χ2n) is 11.5. The van der Waals surface area contributed by atoms with Crippen molar-refractivity contribution in [2.45, 2.75) is 115 Å². The van der Waals surface area contributed by atoms with Crippen LogP contribution in [0.4, 0.5) is 0 Å². The Balaban J connectivity index is 1.32. The number of nitrogens with zero attached hydrogens (tertiary/aromatic N) is 2. The summed E-state index contributed by atoms with van der Waals surface area (Å²) in [5.74, 6) is 0.116. The summed E-state index contributed by atoms with van der Waals surface area (Å²) in [5.41, 5.74) is 6.57. The van der Waals surface area contributed by atoms with Gasteiger partial charge in [-0.1, -0.05) is 113 Å². The molecular formula is C35H46N2O2. The van der Waals surface area contributed by atoms with Gasteiger partial charge in [0, 0.05) is 24.4 Å². The van der Waals surface area contributed by atoms with Gasteiger partial charge in [-0.25, -0.2) is 9.97 Å². The van der Waals surface area contributed by atoms with Crippen LogP contribution in [0, 0.1) is 0 Å². The lowest BCUT2D eigenvalue weighted by Gasteiger charge is -2.30. The summed E-state index contributed by atoms with van der Waals surface area (Å²) in [5, 5.41) is 8.81. The maximum absolute atomic E-state index is 10.7. The second-order valence-corrected chi connectivity index (χ2v) is 11.5. The zero-order chi connectivity index (χ0) is 27.3. The van der Waals surface area contributed by atoms with E-state index in [1.54, 1.807) is 0 Å². The van der Waals surface area contributed by atoms with Gasteiger partial charge in [0.25, 0.3) is 0 Å². The Labute approximate surface area is 235 Å². The summed E-state index contributed by atoms with van der Waals surface area (Å²) in [6.07, 6.45) is 22.3. The summed E-state index contributed by atoms with van der Waals surface area (Å²) in [6.45, 7) is 2.24. The van der Waals surface area contributed by atoms with Crippen molar-refractivity contribution in [3.05, 3.63) is 72.1 Å². The third-order valence-electron chi connectivity index (χ3n) is 8.60. The van der Waals surface area contributed by atoms with Crippen molar-refractivity contribution in [1.29, 1.82) is 0 Å². The van der Waals surface area contributed by atoms with Gasteiger partial charge >= 0.3 is 5.97 Å². The molecule has 1 heterocycles. The first kappa shape index (κ1) is 29.0. The highest BCUT2D eigenvalue weighted by Gasteiger charge is 2.34. The highest BCUT2D eigenvalue weighted by atomic mass is 16.4. The van der Waals surface area contributed by atoms with E-state index in [0.29, 0.717) is 11.8 Å². The lowest BCUT2D eigenvalue weighted by atomic mass is 9.74. The molecule has 3 aromatic rings. The lowest BCUT2D eigenvalue weighted by molar-refractivity contribution is -0.137. The van der Waals surface area contributed by atoms with Gasteiger partial charge in [0.15, 0.2) is 5.82 Å². The highest BCUT2D eigenvalue weighted by Crippen LogP contribution is 2.45. The zero-order valence-corrected chi connectivity index (χ0v) is 23.8. The third kappa shape index (κ3) is 8.49. The fourth-order valence-corrected chi connectivity index (χ4v) is 6.22. The number of carbonyl (C=O) groups is 1. The summed E-state index contributed by atoms with van der Waals surface area (Å²) in [4.78, 5) is 20.0. The van der Waals surface area contributed by atoms with Crippen molar-refractivity contribution in [2.24, 2.45) is 0 Å². The third-order valence-corrected chi connectivity index (χ3v) is 8.60. The maximum Gasteiger partial charge on any atom is 0.303 e. The van der Waals surface area contributed by atoms with Crippen LogP contribution in [0.2, 0.25) is 0 Å². The van der Waals surface area contributed by atoms with Crippen LogP contribution < -0.4 is 0 Å². The normalized spacial score (nSPS) is 14.5. The minimum Gasteiger partial charge on any atom is -0.481 e. The van der Waals surface area contributed by atoms with Gasteiger partial charge in [-0.15, -0.1) is 0 Å². The van der Waals surface area contributed by atoms with Crippen molar-refractivity contribution >= 4 is 5.97 Å². The Hall–Kier alpha value is -3.01. The molecule has 0 unspecified atom stereocenters. The van der Waals surface area contributed by atoms with E-state index in [1.807, 2.05) is 12.4 Å². The number of aliphatic carboxylic acids is 1. The molecule has 0 spiro atoms. The predicted molar refractivity (Wildman–Crippen MR) is 161 cm³/mol. The van der Waals surface area contributed by atoms with Crippen molar-refractivity contribution in [1.82, 2.24) is 9.97 Å². The number of aromatic nitrogens is 2. The van der Waals surface area contributed by atoms with Gasteiger partial charge in [0.05, 0.1) is 0 Å². The molecule has 0 saturated heterocycles. The van der Waals surface area contributed by atoms with E-state index in [2.05, 4.69) is 65.4 Å². The number of benzene rings is 2. The number of rotatable bonds is 16. The SMILES string of the molecule is CCCCCCc1cnc(-c2ccc(-c3ccc(C4(CCCCCCCC(=O)O)CCCC4)cc3)cc2)nc1. The molecule has 1 fully saturated rings. The van der Waals surface area contributed by atoms with E-state index < -0.39 is 5.97 Å². The van der Waals surface area contributed by atoms with Crippen LogP contribution in [-0.2, 0) is 16.6 Å². The molecule has 1 N–H and O–H groups in total. The standard InChI is InChI=1S/C35H46N2O2/c1-2-3-4-8-13-28-26-36-34(37-27-28)31-17-15-29(16-18-31)30-19-21-32(22-20-30)35(24-11-12-25-35)23-10-7-5-6-9-14-33(38)39/h15-22,26-27H,2-14,23-25H2,1H3,(H,38,39). The van der Waals surface area contributed by atoms with Gasteiger partial charge in [-0.2, -0.15) is 0 Å². The van der Waals surface area contributed by atoms with E-state index in [1.165, 1.54) is 92.9 Å². The molecule has 0 aliphatic heterocycles. The van der Waals surface area contributed by atoms with E-state index in [9.17, 15) is 4.79 Å². The molecule has 2 aromatic carbocycles. The average Bonchev–Trinajstić information content (AvgIpc) is 3.45. The van der Waals surface area contributed by atoms with Crippen molar-refractivity contribution in [3.8, 4) is 22.5 Å². The molecule has 4 heteroatoms. The number of hydrogen-bond acceptors (Lipinski definition) is 3. The molecule has 4 rings (SSSR count). The highest BCUT2D eigenvalue weighted by molar-refractivity contribution is 5.68. The Bertz CT molecular complexity index is 1130. The minimum atomic E-state index is -0.675. The Kier molecular flexibility index (Phi) is 11.1. The lowest BCUT2D eigenvalue weighted by Crippen LogP contribution is -2.21. The Morgan fingerprint density at radius 1 is 0.744 bits per heavy atom. The smallest absolute Gasteiger partial charge is 0.303 e. The number of aryl methyl sites for hydroxylation is 1. The average molecular weight is 527 g/mol. The number of carboxylic acid groups (broad SMARTS) is 1. The van der Waals surface area contributed by atoms with E-state index in [4.69, 9.17) is 5.11 Å². The molecule has 0 radical (unpaired) electrons. The molecule has 39 heavy (non-hydrogen) atoms. The Morgan fingerprint density at radius 3 is 1.95 bits per heavy atom. The summed E-state index contributed by atoms with van der Waals surface area (Å²) >= 11 is 0. The van der Waals surface area contributed by atoms with Crippen molar-refractivity contribution in [3.63, 3.8) is 0 Å². The monoisotopic (exact) mass is 526 g/mol. The molecule has 4 nitrogen and oxygen atoms in total. The van der Waals surface area contributed by atoms with Crippen molar-refractivity contribution in [2.75, 3.05) is 0 Å². The fraction of sp³-hybridized carbons (Fsp3) is 0.514. The molecular weight excluding hydrogens is 480 g/mol. The molecule has 1 aliphatic carbocycles. The largest absolute Gasteiger partial charge is 0.481 e. The van der Waals surface area contributed by atoms with Crippen molar-refractivity contribution < 1.29 is 9.90 Å². The van der Waals surface area contributed by atoms with Gasteiger partial charge < -0.3 is 5.11 Å². The van der Waals surface area contributed by atoms with Crippen LogP contribution >= 0.6 is 0 Å². The molecule has 0 amide bonds. The van der Waals surface area contributed by atoms with Crippen LogP contribution in [0.5, 0.6) is 0 Å². The van der Waals surface area contributed by atoms with Crippen LogP contribution in [0.1, 0.15) is 114 Å². The van der Waals surface area contributed by atoms with E-state index >= 15 is 0 Å². The predicted octanol–water partition coefficient (Wildman–Crippen LogP) is 9.56. The fourth-order valence-electron chi connectivity index (χ4n) is 6.22. The second kappa shape index (κ2) is 15.0. The first-order valence-electron chi connectivity index (χ1n) is 15.3. The number of unbranched alkanes of at least 4 members (excludes halogenated alkanes) is 7. The zero-order valence-electron chi connectivity index (χ0n) is 23.8. The topological polar surface area (TPSA) is 63.1 Å². The van der Waals surface area contributed by atoms with Crippen LogP contribution in [-0.4, -0.2) is 21.0 Å². The molecule has 0 bridgehead atoms. The molecule has 1 saturated carbocycles. The first-order valence-corrected chi connectivity index (χ1v) is 15.3. The summed E-state index contributed by atoms with van der Waals surface area (Å²) < 4.78 is 0. The number of hydrogen-bond donors (Lipinski definition) is 1. The molecule has 0 atom stereocenters. The quantitative estimate of drug-likeness (QED) is 0.189. The summed E-state index contributed by atoms with van der Waals surface area (Å²) in [7, 11) is 0. The van der Waals surface area contributed by atoms with E-state index in [0.717, 1.165) is 37.1 Å². The van der Waals surface area contributed by atoms with Gasteiger partial charge in [0.2, 0.25) is 0 Å². The molecule has 1 aromatic heterocycles. The first-order chi connectivity index (χ1) is 19.1. The van der Waals surface area contributed by atoms with Gasteiger partial charge in [-0.3, -0.25) is 4.79 Å². The minimum absolute atomic E-state index is 0.305. The number of carboxylic acids is 1. The molecule has 1 aliphatic rings. The van der Waals surface area contributed by atoms with Crippen LogP contribution in [0.15, 0.2) is 60.9 Å². The van der Waals surface area contributed by atoms with Gasteiger partial charge in [-0.05, 0) is 66.2 Å². The molecule has 208 valence electrons. The Morgan fingerprint density at radius 2 is 1.31 bits per heavy atom. The van der Waals surface area contributed by atoms with Crippen LogP contribution in [0.3, 0.4) is 0 Å².